The number of fused-ring (bicyclic) bond motifs is 2. The molecule has 14 heteroatoms. The van der Waals surface area contributed by atoms with Crippen LogP contribution in [0.1, 0.15) is 30.1 Å². The first-order valence-electron chi connectivity index (χ1n) is 17.3. The maximum absolute atomic E-state index is 15.6. The van der Waals surface area contributed by atoms with Gasteiger partial charge in [-0.05, 0) is 43.2 Å². The Morgan fingerprint density at radius 1 is 1.02 bits per heavy atom. The molecule has 3 aliphatic heterocycles. The molecule has 0 radical (unpaired) electrons. The topological polar surface area (TPSA) is 125 Å². The summed E-state index contributed by atoms with van der Waals surface area (Å²) in [4.78, 5) is 49.9. The fourth-order valence-electron chi connectivity index (χ4n) is 7.36. The highest BCUT2D eigenvalue weighted by atomic mass is 35.5. The largest absolute Gasteiger partial charge is 0.455 e. The second-order valence-electron chi connectivity index (χ2n) is 13.4. The normalized spacial score (nSPS) is 22.3. The van der Waals surface area contributed by atoms with Gasteiger partial charge in [-0.1, -0.05) is 48.0 Å². The summed E-state index contributed by atoms with van der Waals surface area (Å²) in [5, 5.41) is 3.49. The van der Waals surface area contributed by atoms with Crippen molar-refractivity contribution < 1.29 is 37.4 Å². The summed E-state index contributed by atoms with van der Waals surface area (Å²) in [7, 11) is 0. The van der Waals surface area contributed by atoms with Crippen LogP contribution in [0.25, 0.3) is 33.2 Å². The van der Waals surface area contributed by atoms with Crippen molar-refractivity contribution in [2.45, 2.75) is 56.8 Å². The van der Waals surface area contributed by atoms with Gasteiger partial charge in [0.2, 0.25) is 11.8 Å². The monoisotopic (exact) mass is 741 g/mol. The molecule has 1 N–H and O–H groups in total. The van der Waals surface area contributed by atoms with E-state index in [1.807, 2.05) is 12.1 Å². The lowest BCUT2D eigenvalue weighted by atomic mass is 10.0. The van der Waals surface area contributed by atoms with Crippen LogP contribution >= 0.6 is 11.6 Å². The van der Waals surface area contributed by atoms with Crippen LogP contribution in [0.3, 0.4) is 0 Å². The fourth-order valence-corrected chi connectivity index (χ4v) is 7.60. The van der Waals surface area contributed by atoms with Crippen molar-refractivity contribution in [3.8, 4) is 28.3 Å². The summed E-state index contributed by atoms with van der Waals surface area (Å²) >= 11 is 6.29. The Labute approximate surface area is 307 Å². The molecule has 2 amide bonds. The number of alkyl halides is 1. The van der Waals surface area contributed by atoms with Gasteiger partial charge >= 0.3 is 6.01 Å². The summed E-state index contributed by atoms with van der Waals surface area (Å²) in [6.45, 7) is 1.91. The number of benzene rings is 3. The Kier molecular flexibility index (Phi) is 9.39. The molecule has 0 aliphatic carbocycles. The minimum atomic E-state index is -1.45. The maximum Gasteiger partial charge on any atom is 0.316 e. The third-order valence-corrected chi connectivity index (χ3v) is 10.3. The Morgan fingerprint density at radius 2 is 1.81 bits per heavy atom. The van der Waals surface area contributed by atoms with E-state index in [1.54, 1.807) is 65.6 Å². The Morgan fingerprint density at radius 3 is 2.60 bits per heavy atom. The zero-order valence-electron chi connectivity index (χ0n) is 28.5. The quantitative estimate of drug-likeness (QED) is 0.175. The molecule has 3 saturated heterocycles. The number of anilines is 1. The van der Waals surface area contributed by atoms with Gasteiger partial charge in [0, 0.05) is 69.8 Å². The zero-order chi connectivity index (χ0) is 36.8. The minimum Gasteiger partial charge on any atom is -0.455 e. The molecule has 0 saturated carbocycles. The standard InChI is InChI=1S/C39H34ClF2N5O6/c1-21(48)28-18-46(31-10-9-22(13-27(28)31)23-15-43-39(44-16-23)53-34-20-52-33-11-12-51-37(33)34)19-35(49)47-17-24(41)14-32(47)38(50)45-30-8-4-6-26(36(30)42)25-5-2-3-7-29(25)40/h2-10,13,15-16,18,24,32-34,37H,11-12,14,17,19-20H2,1H3,(H,45,50)/t24-,32+,33-,34?,37+/m1/s1. The van der Waals surface area contributed by atoms with Crippen molar-refractivity contribution in [3.05, 3.63) is 95.7 Å². The number of carbonyl (C=O) groups excluding carboxylic acids is 3. The number of rotatable bonds is 9. The molecular formula is C39H34ClF2N5O6. The highest BCUT2D eigenvalue weighted by Gasteiger charge is 2.44. The molecular weight excluding hydrogens is 708 g/mol. The van der Waals surface area contributed by atoms with E-state index in [2.05, 4.69) is 15.3 Å². The van der Waals surface area contributed by atoms with Gasteiger partial charge in [-0.3, -0.25) is 14.4 Å². The zero-order valence-corrected chi connectivity index (χ0v) is 29.3. The molecule has 8 rings (SSSR count). The lowest BCUT2D eigenvalue weighted by Crippen LogP contribution is -2.44. The molecule has 3 aromatic carbocycles. The lowest BCUT2D eigenvalue weighted by molar-refractivity contribution is -0.137. The number of amides is 2. The van der Waals surface area contributed by atoms with Crippen molar-refractivity contribution in [1.29, 1.82) is 0 Å². The smallest absolute Gasteiger partial charge is 0.316 e. The fraction of sp³-hybridized carbons (Fsp3) is 0.308. The van der Waals surface area contributed by atoms with Crippen LogP contribution in [-0.4, -0.2) is 87.3 Å². The molecule has 0 bridgehead atoms. The molecule has 53 heavy (non-hydrogen) atoms. The molecule has 2 aromatic heterocycles. The SMILES string of the molecule is CC(=O)c1cn(CC(=O)N2C[C@H](F)C[C@H]2C(=O)Nc2cccc(-c3ccccc3Cl)c2F)c2ccc(-c3cnc(OC4CO[C@@H]5CCO[C@H]45)nc3)cc12. The number of hydrogen-bond acceptors (Lipinski definition) is 8. The van der Waals surface area contributed by atoms with Crippen LogP contribution in [0.2, 0.25) is 5.02 Å². The number of hydrogen-bond donors (Lipinski definition) is 1. The Hall–Kier alpha value is -5.24. The van der Waals surface area contributed by atoms with E-state index in [1.165, 1.54) is 17.9 Å². The number of carbonyl (C=O) groups is 3. The number of halogens is 3. The van der Waals surface area contributed by atoms with Crippen LogP contribution < -0.4 is 10.1 Å². The van der Waals surface area contributed by atoms with Gasteiger partial charge in [-0.25, -0.2) is 18.7 Å². The van der Waals surface area contributed by atoms with Crippen LogP contribution in [0.4, 0.5) is 14.5 Å². The average molecular weight is 742 g/mol. The summed E-state index contributed by atoms with van der Waals surface area (Å²) in [6, 6.07) is 15.7. The average Bonchev–Trinajstić information content (AvgIpc) is 3.94. The first-order chi connectivity index (χ1) is 25.6. The molecule has 3 aliphatic rings. The predicted octanol–water partition coefficient (Wildman–Crippen LogP) is 6.27. The number of aromatic nitrogens is 3. The van der Waals surface area contributed by atoms with Crippen molar-refractivity contribution in [3.63, 3.8) is 0 Å². The van der Waals surface area contributed by atoms with Gasteiger partial charge in [-0.15, -0.1) is 0 Å². The molecule has 5 heterocycles. The van der Waals surface area contributed by atoms with Crippen molar-refractivity contribution in [1.82, 2.24) is 19.4 Å². The van der Waals surface area contributed by atoms with E-state index in [-0.39, 0.29) is 60.9 Å². The number of nitrogens with zero attached hydrogens (tertiary/aromatic N) is 4. The highest BCUT2D eigenvalue weighted by Crippen LogP contribution is 2.34. The number of likely N-dealkylation sites (tertiary alicyclic amines) is 1. The third-order valence-electron chi connectivity index (χ3n) is 10.00. The third kappa shape index (κ3) is 6.76. The summed E-state index contributed by atoms with van der Waals surface area (Å²) < 4.78 is 49.5. The minimum absolute atomic E-state index is 0.0292. The van der Waals surface area contributed by atoms with E-state index in [0.717, 1.165) is 12.0 Å². The molecule has 3 fully saturated rings. The number of ether oxygens (including phenoxy) is 3. The van der Waals surface area contributed by atoms with Crippen molar-refractivity contribution in [2.24, 2.45) is 0 Å². The van der Waals surface area contributed by atoms with E-state index < -0.39 is 29.8 Å². The summed E-state index contributed by atoms with van der Waals surface area (Å²) in [5.74, 6) is -2.17. The summed E-state index contributed by atoms with van der Waals surface area (Å²) in [5.41, 5.74) is 2.92. The first kappa shape index (κ1) is 34.8. The van der Waals surface area contributed by atoms with Gasteiger partial charge < -0.3 is 29.0 Å². The van der Waals surface area contributed by atoms with Gasteiger partial charge in [0.15, 0.2) is 17.7 Å². The van der Waals surface area contributed by atoms with Gasteiger partial charge in [0.05, 0.1) is 24.9 Å². The van der Waals surface area contributed by atoms with Crippen LogP contribution in [0.5, 0.6) is 6.01 Å². The van der Waals surface area contributed by atoms with Gasteiger partial charge in [0.25, 0.3) is 0 Å². The second kappa shape index (κ2) is 14.3. The van der Waals surface area contributed by atoms with Crippen molar-refractivity contribution in [2.75, 3.05) is 25.1 Å². The molecule has 5 aromatic rings. The predicted molar refractivity (Wildman–Crippen MR) is 192 cm³/mol. The molecule has 5 atom stereocenters. The van der Waals surface area contributed by atoms with Crippen LogP contribution in [0.15, 0.2) is 79.3 Å². The van der Waals surface area contributed by atoms with Crippen LogP contribution in [-0.2, 0) is 25.6 Å². The van der Waals surface area contributed by atoms with Crippen LogP contribution in [0, 0.1) is 5.82 Å². The maximum atomic E-state index is 15.6. The van der Waals surface area contributed by atoms with E-state index in [9.17, 15) is 18.8 Å². The Bertz CT molecular complexity index is 2230. The van der Waals surface area contributed by atoms with Gasteiger partial charge in [0.1, 0.15) is 24.9 Å². The number of ketones is 1. The van der Waals surface area contributed by atoms with E-state index >= 15 is 4.39 Å². The second-order valence-corrected chi connectivity index (χ2v) is 13.8. The first-order valence-corrected chi connectivity index (χ1v) is 17.7. The molecule has 0 spiro atoms. The summed E-state index contributed by atoms with van der Waals surface area (Å²) in [6.07, 6.45) is 3.59. The Balaban J connectivity index is 0.990. The van der Waals surface area contributed by atoms with E-state index in [0.29, 0.717) is 45.8 Å². The number of nitrogens with one attached hydrogen (secondary N) is 1. The van der Waals surface area contributed by atoms with Crippen molar-refractivity contribution >= 4 is 45.8 Å². The van der Waals surface area contributed by atoms with E-state index in [4.69, 9.17) is 25.8 Å². The lowest BCUT2D eigenvalue weighted by Gasteiger charge is -2.24. The van der Waals surface area contributed by atoms with Gasteiger partial charge in [-0.2, -0.15) is 0 Å². The molecule has 272 valence electrons. The highest BCUT2D eigenvalue weighted by molar-refractivity contribution is 6.33. The number of Topliss-reactive ketones (excluding diaryl/α,β-unsaturated/α-hetero) is 1. The molecule has 1 unspecified atom stereocenters. The molecule has 11 nitrogen and oxygen atoms in total.